The molecular weight excluding hydrogens is 244 g/mol. The summed E-state index contributed by atoms with van der Waals surface area (Å²) in [5.41, 5.74) is 2.38. The SMILES string of the molecule is CN(Cc1cn(C)c2ccccc12)C(=O)CCS. The van der Waals surface area contributed by atoms with Crippen LogP contribution >= 0.6 is 12.6 Å². The Morgan fingerprint density at radius 2 is 2.11 bits per heavy atom. The number of fused-ring (bicyclic) bond motifs is 1. The van der Waals surface area contributed by atoms with E-state index in [0.29, 0.717) is 18.7 Å². The van der Waals surface area contributed by atoms with Crippen molar-refractivity contribution >= 4 is 29.4 Å². The van der Waals surface area contributed by atoms with Crippen LogP contribution in [0.4, 0.5) is 0 Å². The van der Waals surface area contributed by atoms with Crippen LogP contribution in [-0.4, -0.2) is 28.2 Å². The number of carbonyl (C=O) groups is 1. The molecule has 1 aromatic carbocycles. The summed E-state index contributed by atoms with van der Waals surface area (Å²) in [4.78, 5) is 13.5. The highest BCUT2D eigenvalue weighted by atomic mass is 32.1. The van der Waals surface area contributed by atoms with Crippen molar-refractivity contribution < 1.29 is 4.79 Å². The van der Waals surface area contributed by atoms with Crippen molar-refractivity contribution in [2.75, 3.05) is 12.8 Å². The number of thiol groups is 1. The van der Waals surface area contributed by atoms with Crippen LogP contribution in [0.25, 0.3) is 10.9 Å². The predicted octanol–water partition coefficient (Wildman–Crippen LogP) is 2.46. The molecule has 1 amide bonds. The maximum absolute atomic E-state index is 11.8. The fraction of sp³-hybridized carbons (Fsp3) is 0.357. The fourth-order valence-electron chi connectivity index (χ4n) is 2.18. The molecule has 0 spiro atoms. The summed E-state index contributed by atoms with van der Waals surface area (Å²) in [5.74, 6) is 0.733. The van der Waals surface area contributed by atoms with Crippen LogP contribution in [0.15, 0.2) is 30.5 Å². The average Bonchev–Trinajstić information content (AvgIpc) is 2.67. The molecule has 2 rings (SSSR count). The molecule has 0 radical (unpaired) electrons. The molecule has 1 aromatic heterocycles. The summed E-state index contributed by atoms with van der Waals surface area (Å²) in [5, 5.41) is 1.21. The molecule has 1 heterocycles. The van der Waals surface area contributed by atoms with Crippen LogP contribution in [0, 0.1) is 0 Å². The van der Waals surface area contributed by atoms with Gasteiger partial charge in [0.05, 0.1) is 0 Å². The number of carbonyl (C=O) groups excluding carboxylic acids is 1. The third kappa shape index (κ3) is 2.53. The summed E-state index contributed by atoms with van der Waals surface area (Å²) in [7, 11) is 3.87. The van der Waals surface area contributed by atoms with E-state index in [1.807, 2.05) is 26.2 Å². The topological polar surface area (TPSA) is 25.2 Å². The number of nitrogens with zero attached hydrogens (tertiary/aromatic N) is 2. The number of hydrogen-bond acceptors (Lipinski definition) is 2. The standard InChI is InChI=1S/C14H18N2OS/c1-15-9-11(10-16(2)14(17)7-8-18)12-5-3-4-6-13(12)15/h3-6,9,18H,7-8,10H2,1-2H3. The highest BCUT2D eigenvalue weighted by molar-refractivity contribution is 7.80. The van der Waals surface area contributed by atoms with E-state index in [2.05, 4.69) is 35.5 Å². The molecule has 0 aliphatic carbocycles. The molecule has 0 fully saturated rings. The zero-order chi connectivity index (χ0) is 13.1. The molecule has 4 heteroatoms. The summed E-state index contributed by atoms with van der Waals surface area (Å²) in [6.45, 7) is 0.647. The Morgan fingerprint density at radius 3 is 2.83 bits per heavy atom. The Morgan fingerprint density at radius 1 is 1.39 bits per heavy atom. The van der Waals surface area contributed by atoms with Crippen molar-refractivity contribution in [3.8, 4) is 0 Å². The first-order valence-corrected chi connectivity index (χ1v) is 6.64. The molecule has 0 bridgehead atoms. The van der Waals surface area contributed by atoms with Gasteiger partial charge in [-0.2, -0.15) is 12.6 Å². The van der Waals surface area contributed by atoms with Gasteiger partial charge in [-0.05, 0) is 17.4 Å². The molecular formula is C14H18N2OS. The van der Waals surface area contributed by atoms with Gasteiger partial charge in [0.15, 0.2) is 0 Å². The first-order valence-electron chi connectivity index (χ1n) is 6.01. The maximum atomic E-state index is 11.8. The van der Waals surface area contributed by atoms with Gasteiger partial charge in [-0.1, -0.05) is 18.2 Å². The Kier molecular flexibility index (Phi) is 3.97. The van der Waals surface area contributed by atoms with E-state index in [1.54, 1.807) is 4.90 Å². The minimum absolute atomic E-state index is 0.137. The number of hydrogen-bond donors (Lipinski definition) is 1. The van der Waals surface area contributed by atoms with Crippen LogP contribution in [0.5, 0.6) is 0 Å². The van der Waals surface area contributed by atoms with Crippen molar-refractivity contribution in [2.24, 2.45) is 7.05 Å². The largest absolute Gasteiger partial charge is 0.350 e. The Labute approximate surface area is 113 Å². The lowest BCUT2D eigenvalue weighted by molar-refractivity contribution is -0.129. The van der Waals surface area contributed by atoms with Gasteiger partial charge in [0, 0.05) is 44.2 Å². The molecule has 96 valence electrons. The van der Waals surface area contributed by atoms with Gasteiger partial charge in [-0.3, -0.25) is 4.79 Å². The zero-order valence-electron chi connectivity index (χ0n) is 10.8. The van der Waals surface area contributed by atoms with E-state index in [4.69, 9.17) is 0 Å². The lowest BCUT2D eigenvalue weighted by Crippen LogP contribution is -2.26. The van der Waals surface area contributed by atoms with E-state index in [9.17, 15) is 4.79 Å². The first-order chi connectivity index (χ1) is 8.63. The third-order valence-corrected chi connectivity index (χ3v) is 3.36. The molecule has 18 heavy (non-hydrogen) atoms. The zero-order valence-corrected chi connectivity index (χ0v) is 11.7. The van der Waals surface area contributed by atoms with E-state index in [1.165, 1.54) is 16.5 Å². The summed E-state index contributed by atoms with van der Waals surface area (Å²) in [6, 6.07) is 8.25. The molecule has 0 N–H and O–H groups in total. The van der Waals surface area contributed by atoms with Gasteiger partial charge in [-0.15, -0.1) is 0 Å². The Balaban J connectivity index is 2.24. The van der Waals surface area contributed by atoms with E-state index >= 15 is 0 Å². The summed E-state index contributed by atoms with van der Waals surface area (Å²) < 4.78 is 2.10. The second kappa shape index (κ2) is 5.48. The fourth-order valence-corrected chi connectivity index (χ4v) is 2.37. The van der Waals surface area contributed by atoms with Crippen molar-refractivity contribution in [3.05, 3.63) is 36.0 Å². The molecule has 0 aliphatic rings. The molecule has 3 nitrogen and oxygen atoms in total. The van der Waals surface area contributed by atoms with Crippen LogP contribution in [0.1, 0.15) is 12.0 Å². The first kappa shape index (κ1) is 13.0. The third-order valence-electron chi connectivity index (χ3n) is 3.14. The smallest absolute Gasteiger partial charge is 0.223 e. The lowest BCUT2D eigenvalue weighted by atomic mass is 10.1. The van der Waals surface area contributed by atoms with Crippen molar-refractivity contribution in [2.45, 2.75) is 13.0 Å². The van der Waals surface area contributed by atoms with Crippen LogP contribution in [0.2, 0.25) is 0 Å². The molecule has 0 saturated carbocycles. The normalized spacial score (nSPS) is 10.8. The minimum atomic E-state index is 0.137. The van der Waals surface area contributed by atoms with Gasteiger partial charge in [-0.25, -0.2) is 0 Å². The lowest BCUT2D eigenvalue weighted by Gasteiger charge is -2.16. The minimum Gasteiger partial charge on any atom is -0.350 e. The number of para-hydroxylation sites is 1. The second-order valence-electron chi connectivity index (χ2n) is 4.51. The maximum Gasteiger partial charge on any atom is 0.223 e. The number of benzene rings is 1. The Hall–Kier alpha value is -1.42. The van der Waals surface area contributed by atoms with Gasteiger partial charge < -0.3 is 9.47 Å². The van der Waals surface area contributed by atoms with Crippen molar-refractivity contribution in [1.29, 1.82) is 0 Å². The van der Waals surface area contributed by atoms with E-state index in [0.717, 1.165) is 0 Å². The molecule has 0 atom stereocenters. The van der Waals surface area contributed by atoms with Gasteiger partial charge in [0.25, 0.3) is 0 Å². The van der Waals surface area contributed by atoms with Crippen LogP contribution in [-0.2, 0) is 18.4 Å². The van der Waals surface area contributed by atoms with Crippen LogP contribution < -0.4 is 0 Å². The van der Waals surface area contributed by atoms with E-state index in [-0.39, 0.29) is 5.91 Å². The number of amides is 1. The highest BCUT2D eigenvalue weighted by Gasteiger charge is 2.12. The quantitative estimate of drug-likeness (QED) is 0.841. The van der Waals surface area contributed by atoms with E-state index < -0.39 is 0 Å². The number of aryl methyl sites for hydroxylation is 1. The molecule has 0 aliphatic heterocycles. The highest BCUT2D eigenvalue weighted by Crippen LogP contribution is 2.21. The monoisotopic (exact) mass is 262 g/mol. The summed E-state index contributed by atoms with van der Waals surface area (Å²) >= 11 is 4.09. The van der Waals surface area contributed by atoms with Gasteiger partial charge in [0.2, 0.25) is 5.91 Å². The van der Waals surface area contributed by atoms with Gasteiger partial charge in [0.1, 0.15) is 0 Å². The van der Waals surface area contributed by atoms with Crippen molar-refractivity contribution in [3.63, 3.8) is 0 Å². The molecule has 2 aromatic rings. The summed E-state index contributed by atoms with van der Waals surface area (Å²) in [6.07, 6.45) is 2.58. The predicted molar refractivity (Wildman–Crippen MR) is 77.9 cm³/mol. The van der Waals surface area contributed by atoms with Crippen LogP contribution in [0.3, 0.4) is 0 Å². The van der Waals surface area contributed by atoms with Gasteiger partial charge >= 0.3 is 0 Å². The molecule has 0 unspecified atom stereocenters. The second-order valence-corrected chi connectivity index (χ2v) is 4.95. The number of rotatable bonds is 4. The molecule has 0 saturated heterocycles. The Bertz CT molecular complexity index is 562. The van der Waals surface area contributed by atoms with Crippen molar-refractivity contribution in [1.82, 2.24) is 9.47 Å². The average molecular weight is 262 g/mol. The number of aromatic nitrogens is 1.